The molecule has 2 aromatic rings. The van der Waals surface area contributed by atoms with Crippen LogP contribution in [0.5, 0.6) is 0 Å². The summed E-state index contributed by atoms with van der Waals surface area (Å²) in [6.45, 7) is 0. The van der Waals surface area contributed by atoms with Gasteiger partial charge in [0.05, 0.1) is 10.0 Å². The van der Waals surface area contributed by atoms with E-state index in [1.165, 1.54) is 23.9 Å². The number of halogens is 3. The maximum Gasteiger partial charge on any atom is 0.124 e. The molecule has 0 heterocycles. The monoisotopic (exact) mass is 329 g/mol. The molecule has 0 bridgehead atoms. The minimum absolute atomic E-state index is 0.0702. The average molecular weight is 330 g/mol. The molecule has 0 aliphatic heterocycles. The SMILES string of the molecule is NC(CSc1cccc(F)c1)Cc1cccc(Cl)c1Cl. The zero-order valence-electron chi connectivity index (χ0n) is 10.7. The Bertz CT molecular complexity index is 592. The third-order valence-electron chi connectivity index (χ3n) is 2.77. The standard InChI is InChI=1S/C15H14Cl2FNS/c16-14-6-1-3-10(15(14)17)7-12(19)9-20-13-5-2-4-11(18)8-13/h1-6,8,12H,7,9,19H2. The number of hydrogen-bond donors (Lipinski definition) is 1. The van der Waals surface area contributed by atoms with Crippen molar-refractivity contribution in [2.24, 2.45) is 5.73 Å². The fraction of sp³-hybridized carbons (Fsp3) is 0.200. The minimum Gasteiger partial charge on any atom is -0.327 e. The van der Waals surface area contributed by atoms with E-state index >= 15 is 0 Å². The highest BCUT2D eigenvalue weighted by molar-refractivity contribution is 7.99. The molecular weight excluding hydrogens is 316 g/mol. The van der Waals surface area contributed by atoms with Gasteiger partial charge in [-0.15, -0.1) is 11.8 Å². The average Bonchev–Trinajstić information content (AvgIpc) is 2.42. The van der Waals surface area contributed by atoms with Crippen molar-refractivity contribution < 1.29 is 4.39 Å². The molecule has 0 radical (unpaired) electrons. The number of hydrogen-bond acceptors (Lipinski definition) is 2. The van der Waals surface area contributed by atoms with E-state index in [-0.39, 0.29) is 11.9 Å². The Hall–Kier alpha value is -0.740. The summed E-state index contributed by atoms with van der Waals surface area (Å²) < 4.78 is 13.1. The Morgan fingerprint density at radius 3 is 2.65 bits per heavy atom. The van der Waals surface area contributed by atoms with E-state index in [0.29, 0.717) is 22.2 Å². The molecule has 106 valence electrons. The van der Waals surface area contributed by atoms with Gasteiger partial charge < -0.3 is 5.73 Å². The van der Waals surface area contributed by atoms with Crippen molar-refractivity contribution >= 4 is 35.0 Å². The highest BCUT2D eigenvalue weighted by Gasteiger charge is 2.10. The number of thioether (sulfide) groups is 1. The molecule has 5 heteroatoms. The largest absolute Gasteiger partial charge is 0.327 e. The first kappa shape index (κ1) is 15.6. The van der Waals surface area contributed by atoms with Crippen LogP contribution in [0.25, 0.3) is 0 Å². The van der Waals surface area contributed by atoms with E-state index in [1.54, 1.807) is 12.1 Å². The molecule has 0 amide bonds. The smallest absolute Gasteiger partial charge is 0.124 e. The van der Waals surface area contributed by atoms with Gasteiger partial charge in [-0.1, -0.05) is 41.4 Å². The summed E-state index contributed by atoms with van der Waals surface area (Å²) in [5.74, 6) is 0.452. The first-order chi connectivity index (χ1) is 9.56. The Labute approximate surface area is 132 Å². The van der Waals surface area contributed by atoms with Crippen molar-refractivity contribution in [3.63, 3.8) is 0 Å². The fourth-order valence-corrected chi connectivity index (χ4v) is 3.10. The van der Waals surface area contributed by atoms with Crippen LogP contribution in [-0.2, 0) is 6.42 Å². The predicted octanol–water partition coefficient (Wildman–Crippen LogP) is 4.79. The molecule has 0 fully saturated rings. The van der Waals surface area contributed by atoms with Gasteiger partial charge in [-0.25, -0.2) is 4.39 Å². The van der Waals surface area contributed by atoms with Crippen LogP contribution in [0.1, 0.15) is 5.56 Å². The van der Waals surface area contributed by atoms with Crippen molar-refractivity contribution in [3.05, 3.63) is 63.9 Å². The highest BCUT2D eigenvalue weighted by Crippen LogP contribution is 2.27. The molecule has 2 rings (SSSR count). The lowest BCUT2D eigenvalue weighted by Crippen LogP contribution is -2.25. The summed E-state index contributed by atoms with van der Waals surface area (Å²) in [6.07, 6.45) is 0.641. The molecule has 0 aromatic heterocycles. The third kappa shape index (κ3) is 4.38. The summed E-state index contributed by atoms with van der Waals surface area (Å²) in [5.41, 5.74) is 7.03. The first-order valence-corrected chi connectivity index (χ1v) is 7.87. The van der Waals surface area contributed by atoms with Crippen molar-refractivity contribution in [2.75, 3.05) is 5.75 Å². The van der Waals surface area contributed by atoms with Crippen molar-refractivity contribution in [2.45, 2.75) is 17.4 Å². The predicted molar refractivity (Wildman–Crippen MR) is 85.3 cm³/mol. The number of rotatable bonds is 5. The second-order valence-electron chi connectivity index (χ2n) is 4.45. The van der Waals surface area contributed by atoms with Gasteiger partial charge in [0.25, 0.3) is 0 Å². The van der Waals surface area contributed by atoms with Gasteiger partial charge in [0.15, 0.2) is 0 Å². The van der Waals surface area contributed by atoms with Gasteiger partial charge in [-0.3, -0.25) is 0 Å². The topological polar surface area (TPSA) is 26.0 Å². The molecule has 2 aromatic carbocycles. The molecule has 20 heavy (non-hydrogen) atoms. The van der Waals surface area contributed by atoms with E-state index in [0.717, 1.165) is 10.5 Å². The molecule has 1 nitrogen and oxygen atoms in total. The van der Waals surface area contributed by atoms with Gasteiger partial charge in [0, 0.05) is 16.7 Å². The van der Waals surface area contributed by atoms with Crippen molar-refractivity contribution in [1.82, 2.24) is 0 Å². The van der Waals surface area contributed by atoms with Crippen molar-refractivity contribution in [3.8, 4) is 0 Å². The number of nitrogens with two attached hydrogens (primary N) is 1. The van der Waals surface area contributed by atoms with Crippen LogP contribution in [0, 0.1) is 5.82 Å². The molecule has 1 unspecified atom stereocenters. The van der Waals surface area contributed by atoms with E-state index < -0.39 is 0 Å². The normalized spacial score (nSPS) is 12.4. The Balaban J connectivity index is 1.92. The van der Waals surface area contributed by atoms with Crippen LogP contribution >= 0.6 is 35.0 Å². The van der Waals surface area contributed by atoms with Crippen LogP contribution in [0.3, 0.4) is 0 Å². The molecule has 0 saturated carbocycles. The second-order valence-corrected chi connectivity index (χ2v) is 6.32. The van der Waals surface area contributed by atoms with Crippen LogP contribution in [0.15, 0.2) is 47.4 Å². The van der Waals surface area contributed by atoms with Gasteiger partial charge in [-0.2, -0.15) is 0 Å². The lowest BCUT2D eigenvalue weighted by Gasteiger charge is -2.13. The summed E-state index contributed by atoms with van der Waals surface area (Å²) in [6, 6.07) is 11.9. The van der Waals surface area contributed by atoms with Crippen LogP contribution in [0.2, 0.25) is 10.0 Å². The maximum atomic E-state index is 13.1. The van der Waals surface area contributed by atoms with Crippen LogP contribution in [0.4, 0.5) is 4.39 Å². The maximum absolute atomic E-state index is 13.1. The number of benzene rings is 2. The van der Waals surface area contributed by atoms with E-state index in [1.807, 2.05) is 18.2 Å². The molecular formula is C15H14Cl2FNS. The molecule has 0 spiro atoms. The van der Waals surface area contributed by atoms with Gasteiger partial charge in [-0.05, 0) is 36.2 Å². The second kappa shape index (κ2) is 7.32. The molecule has 0 saturated heterocycles. The first-order valence-electron chi connectivity index (χ1n) is 6.13. The zero-order chi connectivity index (χ0) is 14.5. The zero-order valence-corrected chi connectivity index (χ0v) is 13.0. The van der Waals surface area contributed by atoms with Gasteiger partial charge in [0.2, 0.25) is 0 Å². The van der Waals surface area contributed by atoms with Gasteiger partial charge in [0.1, 0.15) is 5.82 Å². The van der Waals surface area contributed by atoms with Crippen LogP contribution in [-0.4, -0.2) is 11.8 Å². The Kier molecular flexibility index (Phi) is 5.73. The molecule has 2 N–H and O–H groups in total. The van der Waals surface area contributed by atoms with Gasteiger partial charge >= 0.3 is 0 Å². The Morgan fingerprint density at radius 2 is 1.90 bits per heavy atom. The third-order valence-corrected chi connectivity index (χ3v) is 4.81. The molecule has 1 atom stereocenters. The summed E-state index contributed by atoms with van der Waals surface area (Å²) in [5, 5.41) is 1.09. The molecule has 0 aliphatic carbocycles. The molecule has 0 aliphatic rings. The van der Waals surface area contributed by atoms with Crippen LogP contribution < -0.4 is 5.73 Å². The van der Waals surface area contributed by atoms with Crippen molar-refractivity contribution in [1.29, 1.82) is 0 Å². The summed E-state index contributed by atoms with van der Waals surface area (Å²) in [4.78, 5) is 0.873. The quantitative estimate of drug-likeness (QED) is 0.798. The lowest BCUT2D eigenvalue weighted by molar-refractivity contribution is 0.624. The van der Waals surface area contributed by atoms with E-state index in [2.05, 4.69) is 0 Å². The fourth-order valence-electron chi connectivity index (χ4n) is 1.81. The van der Waals surface area contributed by atoms with E-state index in [4.69, 9.17) is 28.9 Å². The Morgan fingerprint density at radius 1 is 1.15 bits per heavy atom. The summed E-state index contributed by atoms with van der Waals surface area (Å²) in [7, 11) is 0. The lowest BCUT2D eigenvalue weighted by atomic mass is 10.1. The minimum atomic E-state index is -0.235. The van der Waals surface area contributed by atoms with E-state index in [9.17, 15) is 4.39 Å². The highest BCUT2D eigenvalue weighted by atomic mass is 35.5. The summed E-state index contributed by atoms with van der Waals surface area (Å²) >= 11 is 13.6.